The summed E-state index contributed by atoms with van der Waals surface area (Å²) in [6.45, 7) is 1.63. The summed E-state index contributed by atoms with van der Waals surface area (Å²) >= 11 is 0. The number of allylic oxidation sites excluding steroid dienone is 1. The van der Waals surface area contributed by atoms with E-state index in [1.165, 1.54) is 7.11 Å². The Morgan fingerprint density at radius 1 is 1.07 bits per heavy atom. The smallest absolute Gasteiger partial charge is 0.329 e. The number of nitrogens with one attached hydrogen (secondary N) is 1. The molecule has 0 unspecified atom stereocenters. The van der Waals surface area contributed by atoms with Crippen molar-refractivity contribution in [1.82, 2.24) is 5.32 Å². The molecule has 0 aromatic heterocycles. The molecule has 2 atom stereocenters. The van der Waals surface area contributed by atoms with E-state index < -0.39 is 24.0 Å². The molecule has 2 aromatic carbocycles. The Morgan fingerprint density at radius 3 is 2.15 bits per heavy atom. The molecule has 0 bridgehead atoms. The zero-order chi connectivity index (χ0) is 19.8. The van der Waals surface area contributed by atoms with Gasteiger partial charge in [-0.25, -0.2) is 4.79 Å². The van der Waals surface area contributed by atoms with Gasteiger partial charge in [-0.3, -0.25) is 4.79 Å². The van der Waals surface area contributed by atoms with E-state index in [2.05, 4.69) is 16.0 Å². The number of nitrogens with two attached hydrogens (primary N) is 1. The first-order valence-electron chi connectivity index (χ1n) is 8.44. The number of hydrogen-bond acceptors (Lipinski definition) is 4. The van der Waals surface area contributed by atoms with E-state index in [0.717, 1.165) is 16.7 Å². The highest BCUT2D eigenvalue weighted by molar-refractivity contribution is 5.97. The van der Waals surface area contributed by atoms with Crippen LogP contribution in [0.15, 0.2) is 60.7 Å². The van der Waals surface area contributed by atoms with Crippen LogP contribution < -0.4 is 11.1 Å². The Hall–Kier alpha value is -3.36. The molecule has 0 aliphatic heterocycles. The molecule has 0 fully saturated rings. The lowest BCUT2D eigenvalue weighted by atomic mass is 9.96. The molecular formula is C22H22N2O3. The van der Waals surface area contributed by atoms with E-state index in [-0.39, 0.29) is 0 Å². The molecule has 3 N–H and O–H groups in total. The quantitative estimate of drug-likeness (QED) is 0.611. The zero-order valence-corrected chi connectivity index (χ0v) is 15.3. The third-order valence-corrected chi connectivity index (χ3v) is 4.04. The summed E-state index contributed by atoms with van der Waals surface area (Å²) in [7, 11) is 1.25. The molecule has 138 valence electrons. The van der Waals surface area contributed by atoms with Crippen molar-refractivity contribution in [3.8, 4) is 12.3 Å². The number of rotatable bonds is 6. The van der Waals surface area contributed by atoms with Crippen molar-refractivity contribution in [3.63, 3.8) is 0 Å². The third-order valence-electron chi connectivity index (χ3n) is 4.04. The van der Waals surface area contributed by atoms with Gasteiger partial charge in [-0.2, -0.15) is 0 Å². The van der Waals surface area contributed by atoms with Crippen LogP contribution >= 0.6 is 0 Å². The maximum atomic E-state index is 12.4. The summed E-state index contributed by atoms with van der Waals surface area (Å²) in [5.41, 5.74) is 8.91. The van der Waals surface area contributed by atoms with Gasteiger partial charge in [0.2, 0.25) is 0 Å². The van der Waals surface area contributed by atoms with Gasteiger partial charge < -0.3 is 15.8 Å². The normalized spacial score (nSPS) is 13.2. The second-order valence-corrected chi connectivity index (χ2v) is 6.00. The topological polar surface area (TPSA) is 81.4 Å². The molecule has 5 heteroatoms. The molecule has 2 rings (SSSR count). The summed E-state index contributed by atoms with van der Waals surface area (Å²) in [6, 6.07) is 15.2. The number of esters is 1. The summed E-state index contributed by atoms with van der Waals surface area (Å²) in [5.74, 6) is 1.56. The van der Waals surface area contributed by atoms with Crippen molar-refractivity contribution in [3.05, 3.63) is 77.4 Å². The fourth-order valence-electron chi connectivity index (χ4n) is 2.59. The van der Waals surface area contributed by atoms with Crippen molar-refractivity contribution in [2.75, 3.05) is 7.11 Å². The maximum Gasteiger partial charge on any atom is 0.329 e. The van der Waals surface area contributed by atoms with E-state index in [4.69, 9.17) is 12.2 Å². The summed E-state index contributed by atoms with van der Waals surface area (Å²) in [4.78, 5) is 24.2. The van der Waals surface area contributed by atoms with E-state index in [0.29, 0.717) is 5.56 Å². The van der Waals surface area contributed by atoms with E-state index in [1.807, 2.05) is 42.5 Å². The van der Waals surface area contributed by atoms with Gasteiger partial charge >= 0.3 is 5.97 Å². The van der Waals surface area contributed by atoms with Crippen LogP contribution in [-0.4, -0.2) is 31.1 Å². The monoisotopic (exact) mass is 362 g/mol. The van der Waals surface area contributed by atoms with Gasteiger partial charge in [0.1, 0.15) is 6.04 Å². The van der Waals surface area contributed by atoms with Gasteiger partial charge in [0.15, 0.2) is 0 Å². The standard InChI is InChI=1S/C22H22N2O3/c1-4-8-19(16-9-6-5-7-10-16)17-11-13-18(14-12-17)21(25)24-20(15(2)23)22(26)27-3/h1,5-15,20H,23H2,2-3H3,(H,24,25)/b19-8+/t15-,20+/m1/s1. The first-order valence-corrected chi connectivity index (χ1v) is 8.44. The van der Waals surface area contributed by atoms with Gasteiger partial charge in [-0.05, 0) is 41.8 Å². The second-order valence-electron chi connectivity index (χ2n) is 6.00. The van der Waals surface area contributed by atoms with Crippen molar-refractivity contribution >= 4 is 17.4 Å². The van der Waals surface area contributed by atoms with Crippen molar-refractivity contribution in [2.45, 2.75) is 19.0 Å². The highest BCUT2D eigenvalue weighted by Gasteiger charge is 2.25. The molecule has 27 heavy (non-hydrogen) atoms. The number of amides is 1. The second kappa shape index (κ2) is 9.37. The predicted octanol–water partition coefficient (Wildman–Crippen LogP) is 2.37. The van der Waals surface area contributed by atoms with Gasteiger partial charge in [0.25, 0.3) is 5.91 Å². The molecule has 0 saturated heterocycles. The Morgan fingerprint density at radius 2 is 1.63 bits per heavy atom. The average Bonchev–Trinajstić information content (AvgIpc) is 2.70. The molecule has 0 aliphatic rings. The Bertz CT molecular complexity index is 863. The molecule has 0 heterocycles. The maximum absolute atomic E-state index is 12.4. The van der Waals surface area contributed by atoms with E-state index in [9.17, 15) is 9.59 Å². The minimum atomic E-state index is -0.914. The number of ether oxygens (including phenoxy) is 1. The summed E-state index contributed by atoms with van der Waals surface area (Å²) in [5, 5.41) is 2.60. The zero-order valence-electron chi connectivity index (χ0n) is 15.3. The van der Waals surface area contributed by atoms with Crippen molar-refractivity contribution in [2.24, 2.45) is 5.73 Å². The van der Waals surface area contributed by atoms with Gasteiger partial charge in [0.05, 0.1) is 7.11 Å². The van der Waals surface area contributed by atoms with Gasteiger partial charge in [-0.1, -0.05) is 48.4 Å². The lowest BCUT2D eigenvalue weighted by Gasteiger charge is -2.19. The molecule has 0 spiro atoms. The van der Waals surface area contributed by atoms with Crippen molar-refractivity contribution < 1.29 is 14.3 Å². The Kier molecular flexibility index (Phi) is 6.93. The van der Waals surface area contributed by atoms with Crippen LogP contribution in [0.4, 0.5) is 0 Å². The fourth-order valence-corrected chi connectivity index (χ4v) is 2.59. The minimum absolute atomic E-state index is 0.404. The minimum Gasteiger partial charge on any atom is -0.467 e. The Balaban J connectivity index is 2.23. The summed E-state index contributed by atoms with van der Waals surface area (Å²) in [6.07, 6.45) is 7.15. The van der Waals surface area contributed by atoms with Crippen LogP contribution in [0.1, 0.15) is 28.4 Å². The predicted molar refractivity (Wildman–Crippen MR) is 106 cm³/mol. The largest absolute Gasteiger partial charge is 0.467 e. The number of methoxy groups -OCH3 is 1. The Labute approximate surface area is 159 Å². The molecule has 1 amide bonds. The molecule has 5 nitrogen and oxygen atoms in total. The number of benzene rings is 2. The lowest BCUT2D eigenvalue weighted by molar-refractivity contribution is -0.143. The molecular weight excluding hydrogens is 340 g/mol. The van der Waals surface area contributed by atoms with Gasteiger partial charge in [0, 0.05) is 11.6 Å². The molecule has 0 radical (unpaired) electrons. The SMILES string of the molecule is C#C/C=C(\c1ccccc1)c1ccc(C(=O)N[C@H](C(=O)OC)[C@@H](C)N)cc1. The third kappa shape index (κ3) is 5.06. The lowest BCUT2D eigenvalue weighted by Crippen LogP contribution is -2.51. The average molecular weight is 362 g/mol. The van der Waals surface area contributed by atoms with Crippen molar-refractivity contribution in [1.29, 1.82) is 0 Å². The highest BCUT2D eigenvalue weighted by Crippen LogP contribution is 2.23. The van der Waals surface area contributed by atoms with Crippen LogP contribution in [0.2, 0.25) is 0 Å². The first kappa shape index (κ1) is 20.0. The number of carbonyl (C=O) groups excluding carboxylic acids is 2. The molecule has 0 aliphatic carbocycles. The van der Waals surface area contributed by atoms with Crippen LogP contribution in [-0.2, 0) is 9.53 Å². The highest BCUT2D eigenvalue weighted by atomic mass is 16.5. The van der Waals surface area contributed by atoms with E-state index in [1.54, 1.807) is 25.1 Å². The fraction of sp³-hybridized carbons (Fsp3) is 0.182. The van der Waals surface area contributed by atoms with Crippen LogP contribution in [0.5, 0.6) is 0 Å². The summed E-state index contributed by atoms with van der Waals surface area (Å²) < 4.78 is 4.68. The van der Waals surface area contributed by atoms with Gasteiger partial charge in [-0.15, -0.1) is 6.42 Å². The van der Waals surface area contributed by atoms with Crippen LogP contribution in [0, 0.1) is 12.3 Å². The number of hydrogen-bond donors (Lipinski definition) is 2. The first-order chi connectivity index (χ1) is 13.0. The van der Waals surface area contributed by atoms with Crippen LogP contribution in [0.3, 0.4) is 0 Å². The van der Waals surface area contributed by atoms with Crippen LogP contribution in [0.25, 0.3) is 5.57 Å². The van der Waals surface area contributed by atoms with E-state index >= 15 is 0 Å². The number of carbonyl (C=O) groups is 2. The molecule has 0 saturated carbocycles. The number of terminal acetylenes is 1. The molecule has 2 aromatic rings.